The summed E-state index contributed by atoms with van der Waals surface area (Å²) in [6.45, 7) is 0. The molecular weight excluding hydrogens is 418 g/mol. The fourth-order valence-corrected chi connectivity index (χ4v) is 5.62. The van der Waals surface area contributed by atoms with E-state index in [2.05, 4.69) is 42.6 Å². The van der Waals surface area contributed by atoms with Crippen LogP contribution in [0.25, 0.3) is 0 Å². The van der Waals surface area contributed by atoms with Crippen molar-refractivity contribution in [2.24, 2.45) is 0 Å². The molecule has 1 aliphatic rings. The van der Waals surface area contributed by atoms with Crippen molar-refractivity contribution in [3.05, 3.63) is 62.5 Å². The average Bonchev–Trinajstić information content (AvgIpc) is 2.81. The van der Waals surface area contributed by atoms with Crippen LogP contribution in [0, 0.1) is 0 Å². The molecule has 0 amide bonds. The van der Waals surface area contributed by atoms with Crippen LogP contribution >= 0.6 is 31.9 Å². The topological polar surface area (TPSA) is 46.2 Å². The molecule has 0 bridgehead atoms. The van der Waals surface area contributed by atoms with Gasteiger partial charge in [0, 0.05) is 15.0 Å². The summed E-state index contributed by atoms with van der Waals surface area (Å²) >= 11 is 6.64. The number of aryl methyl sites for hydroxylation is 1. The molecule has 1 aliphatic carbocycles. The number of sulfonamides is 1. The molecular formula is C15H13Br2NO2S. The van der Waals surface area contributed by atoms with Crippen molar-refractivity contribution in [1.82, 2.24) is 4.72 Å². The summed E-state index contributed by atoms with van der Waals surface area (Å²) in [5.41, 5.74) is 2.30. The molecule has 1 unspecified atom stereocenters. The number of hydrogen-bond acceptors (Lipinski definition) is 2. The van der Waals surface area contributed by atoms with E-state index in [0.29, 0.717) is 4.47 Å². The molecule has 0 radical (unpaired) electrons. The van der Waals surface area contributed by atoms with Gasteiger partial charge in [0.1, 0.15) is 0 Å². The van der Waals surface area contributed by atoms with Crippen LogP contribution in [0.3, 0.4) is 0 Å². The molecule has 0 heterocycles. The fraction of sp³-hybridized carbons (Fsp3) is 0.200. The van der Waals surface area contributed by atoms with Gasteiger partial charge in [-0.25, -0.2) is 13.1 Å². The number of benzene rings is 2. The summed E-state index contributed by atoms with van der Waals surface area (Å²) in [4.78, 5) is 0.259. The fourth-order valence-electron chi connectivity index (χ4n) is 2.62. The molecule has 1 N–H and O–H groups in total. The average molecular weight is 431 g/mol. The SMILES string of the molecule is O=S(=O)(NC1CCc2ccccc21)c1ccc(Br)cc1Br. The van der Waals surface area contributed by atoms with Crippen LogP contribution in [0.4, 0.5) is 0 Å². The van der Waals surface area contributed by atoms with Gasteiger partial charge in [0.15, 0.2) is 0 Å². The van der Waals surface area contributed by atoms with Crippen molar-refractivity contribution in [3.8, 4) is 0 Å². The molecule has 2 aromatic carbocycles. The van der Waals surface area contributed by atoms with Crippen LogP contribution in [0.2, 0.25) is 0 Å². The minimum absolute atomic E-state index is 0.151. The van der Waals surface area contributed by atoms with Crippen LogP contribution in [-0.4, -0.2) is 8.42 Å². The molecule has 3 rings (SSSR count). The van der Waals surface area contributed by atoms with Gasteiger partial charge in [-0.05, 0) is 58.1 Å². The van der Waals surface area contributed by atoms with Crippen molar-refractivity contribution in [2.45, 2.75) is 23.8 Å². The van der Waals surface area contributed by atoms with Crippen molar-refractivity contribution in [1.29, 1.82) is 0 Å². The summed E-state index contributed by atoms with van der Waals surface area (Å²) in [6, 6.07) is 12.9. The summed E-state index contributed by atoms with van der Waals surface area (Å²) in [5.74, 6) is 0. The van der Waals surface area contributed by atoms with Gasteiger partial charge in [-0.15, -0.1) is 0 Å². The van der Waals surface area contributed by atoms with E-state index in [-0.39, 0.29) is 10.9 Å². The zero-order valence-electron chi connectivity index (χ0n) is 11.0. The highest BCUT2D eigenvalue weighted by molar-refractivity contribution is 9.11. The summed E-state index contributed by atoms with van der Waals surface area (Å²) in [6.07, 6.45) is 1.71. The molecule has 3 nitrogen and oxygen atoms in total. The number of nitrogens with one attached hydrogen (secondary N) is 1. The highest BCUT2D eigenvalue weighted by atomic mass is 79.9. The molecule has 1 atom stereocenters. The van der Waals surface area contributed by atoms with E-state index >= 15 is 0 Å². The van der Waals surface area contributed by atoms with Crippen LogP contribution in [-0.2, 0) is 16.4 Å². The van der Waals surface area contributed by atoms with Gasteiger partial charge in [-0.1, -0.05) is 40.2 Å². The minimum Gasteiger partial charge on any atom is -0.207 e. The summed E-state index contributed by atoms with van der Waals surface area (Å²) in [5, 5.41) is 0. The first-order valence-corrected chi connectivity index (χ1v) is 9.59. The third-order valence-electron chi connectivity index (χ3n) is 3.61. The Kier molecular flexibility index (Phi) is 4.23. The lowest BCUT2D eigenvalue weighted by molar-refractivity contribution is 0.554. The monoisotopic (exact) mass is 429 g/mol. The summed E-state index contributed by atoms with van der Waals surface area (Å²) in [7, 11) is -3.55. The molecule has 0 aliphatic heterocycles. The van der Waals surface area contributed by atoms with E-state index in [0.717, 1.165) is 22.9 Å². The van der Waals surface area contributed by atoms with E-state index < -0.39 is 10.0 Å². The van der Waals surface area contributed by atoms with Crippen LogP contribution in [0.5, 0.6) is 0 Å². The van der Waals surface area contributed by atoms with E-state index in [1.807, 2.05) is 18.2 Å². The molecule has 0 spiro atoms. The van der Waals surface area contributed by atoms with Crippen molar-refractivity contribution in [2.75, 3.05) is 0 Å². The Hall–Kier alpha value is -0.690. The minimum atomic E-state index is -3.55. The molecule has 21 heavy (non-hydrogen) atoms. The van der Waals surface area contributed by atoms with Crippen LogP contribution in [0.1, 0.15) is 23.6 Å². The lowest BCUT2D eigenvalue weighted by atomic mass is 10.1. The quantitative estimate of drug-likeness (QED) is 0.793. The lowest BCUT2D eigenvalue weighted by Crippen LogP contribution is -2.27. The molecule has 0 fully saturated rings. The summed E-state index contributed by atoms with van der Waals surface area (Å²) < 4.78 is 29.3. The van der Waals surface area contributed by atoms with Gasteiger partial charge in [0.2, 0.25) is 10.0 Å². The van der Waals surface area contributed by atoms with Gasteiger partial charge in [0.25, 0.3) is 0 Å². The Balaban J connectivity index is 1.91. The molecule has 2 aromatic rings. The van der Waals surface area contributed by atoms with Crippen LogP contribution < -0.4 is 4.72 Å². The Bertz CT molecular complexity index is 790. The molecule has 0 saturated heterocycles. The molecule has 6 heteroatoms. The second-order valence-electron chi connectivity index (χ2n) is 4.99. The molecule has 110 valence electrons. The predicted molar refractivity (Wildman–Crippen MR) is 89.7 cm³/mol. The first kappa shape index (κ1) is 15.2. The van der Waals surface area contributed by atoms with Gasteiger partial charge >= 0.3 is 0 Å². The van der Waals surface area contributed by atoms with Crippen LogP contribution in [0.15, 0.2) is 56.3 Å². The Morgan fingerprint density at radius 1 is 1.10 bits per heavy atom. The largest absolute Gasteiger partial charge is 0.242 e. The predicted octanol–water partition coefficient (Wildman–Crippen LogP) is 4.18. The maximum atomic E-state index is 12.6. The Morgan fingerprint density at radius 2 is 1.86 bits per heavy atom. The van der Waals surface area contributed by atoms with E-state index in [9.17, 15) is 8.42 Å². The van der Waals surface area contributed by atoms with Gasteiger partial charge in [-0.3, -0.25) is 0 Å². The van der Waals surface area contributed by atoms with E-state index in [4.69, 9.17) is 0 Å². The first-order chi connectivity index (χ1) is 9.97. The maximum Gasteiger partial charge on any atom is 0.242 e. The lowest BCUT2D eigenvalue weighted by Gasteiger charge is -2.15. The smallest absolute Gasteiger partial charge is 0.207 e. The highest BCUT2D eigenvalue weighted by Gasteiger charge is 2.28. The third-order valence-corrected chi connectivity index (χ3v) is 6.56. The number of rotatable bonds is 3. The second-order valence-corrected chi connectivity index (χ2v) is 8.44. The first-order valence-electron chi connectivity index (χ1n) is 6.52. The Labute approximate surface area is 141 Å². The normalized spacial score (nSPS) is 17.7. The zero-order chi connectivity index (χ0) is 15.0. The van der Waals surface area contributed by atoms with Gasteiger partial charge < -0.3 is 0 Å². The number of hydrogen-bond donors (Lipinski definition) is 1. The van der Waals surface area contributed by atoms with Crippen molar-refractivity contribution < 1.29 is 8.42 Å². The third kappa shape index (κ3) is 3.08. The van der Waals surface area contributed by atoms with Crippen molar-refractivity contribution >= 4 is 41.9 Å². The number of halogens is 2. The van der Waals surface area contributed by atoms with Gasteiger partial charge in [0.05, 0.1) is 4.90 Å². The second kappa shape index (κ2) is 5.83. The zero-order valence-corrected chi connectivity index (χ0v) is 15.0. The van der Waals surface area contributed by atoms with Crippen molar-refractivity contribution in [3.63, 3.8) is 0 Å². The maximum absolute atomic E-state index is 12.6. The van der Waals surface area contributed by atoms with Gasteiger partial charge in [-0.2, -0.15) is 0 Å². The standard InChI is InChI=1S/C15H13Br2NO2S/c16-11-6-8-15(13(17)9-11)21(19,20)18-14-7-5-10-3-1-2-4-12(10)14/h1-4,6,8-9,14,18H,5,7H2. The van der Waals surface area contributed by atoms with E-state index in [1.165, 1.54) is 5.56 Å². The molecule has 0 aromatic heterocycles. The Morgan fingerprint density at radius 3 is 2.62 bits per heavy atom. The number of fused-ring (bicyclic) bond motifs is 1. The van der Waals surface area contributed by atoms with E-state index in [1.54, 1.807) is 18.2 Å². The highest BCUT2D eigenvalue weighted by Crippen LogP contribution is 2.33. The molecule has 0 saturated carbocycles.